The summed E-state index contributed by atoms with van der Waals surface area (Å²) in [5.41, 5.74) is -0.744. The van der Waals surface area contributed by atoms with Crippen LogP contribution in [0.25, 0.3) is 0 Å². The highest BCUT2D eigenvalue weighted by Gasteiger charge is 2.28. The first kappa shape index (κ1) is 25.9. The van der Waals surface area contributed by atoms with E-state index in [2.05, 4.69) is 29.5 Å². The van der Waals surface area contributed by atoms with Crippen molar-refractivity contribution in [2.24, 2.45) is 10.9 Å². The highest BCUT2D eigenvalue weighted by molar-refractivity contribution is 14.0. The zero-order valence-electron chi connectivity index (χ0n) is 16.6. The van der Waals surface area contributed by atoms with Crippen molar-refractivity contribution < 1.29 is 13.5 Å². The van der Waals surface area contributed by atoms with Gasteiger partial charge in [-0.15, -0.1) is 24.0 Å². The molecule has 9 heteroatoms. The predicted molar refractivity (Wildman–Crippen MR) is 119 cm³/mol. The summed E-state index contributed by atoms with van der Waals surface area (Å²) in [6.45, 7) is 9.09. The average Bonchev–Trinajstić information content (AvgIpc) is 3.00. The lowest BCUT2D eigenvalue weighted by Crippen LogP contribution is -2.42. The fraction of sp³-hybridized carbons (Fsp3) is 0.941. The van der Waals surface area contributed by atoms with E-state index >= 15 is 0 Å². The highest BCUT2D eigenvalue weighted by atomic mass is 127. The minimum atomic E-state index is -3.10. The molecule has 7 nitrogen and oxygen atoms in total. The maximum atomic E-state index is 11.6. The van der Waals surface area contributed by atoms with E-state index in [1.807, 2.05) is 6.92 Å². The molecule has 0 bridgehead atoms. The fourth-order valence-corrected chi connectivity index (χ4v) is 4.21. The van der Waals surface area contributed by atoms with E-state index in [-0.39, 0.29) is 29.9 Å². The maximum absolute atomic E-state index is 11.6. The molecular formula is C17H37IN4O3S. The van der Waals surface area contributed by atoms with E-state index in [1.165, 1.54) is 10.6 Å². The van der Waals surface area contributed by atoms with Crippen LogP contribution in [0.4, 0.5) is 0 Å². The van der Waals surface area contributed by atoms with Crippen molar-refractivity contribution in [2.75, 3.05) is 39.0 Å². The maximum Gasteiger partial charge on any atom is 0.211 e. The molecule has 1 atom stereocenters. The molecule has 0 spiro atoms. The van der Waals surface area contributed by atoms with Gasteiger partial charge >= 0.3 is 0 Å². The van der Waals surface area contributed by atoms with Crippen LogP contribution < -0.4 is 10.6 Å². The monoisotopic (exact) mass is 504 g/mol. The van der Waals surface area contributed by atoms with Gasteiger partial charge in [0.25, 0.3) is 0 Å². The van der Waals surface area contributed by atoms with Gasteiger partial charge in [-0.1, -0.05) is 26.7 Å². The lowest BCUT2D eigenvalue weighted by molar-refractivity contribution is 0.0306. The predicted octanol–water partition coefficient (Wildman–Crippen LogP) is 1.77. The molecule has 3 N–H and O–H groups in total. The Labute approximate surface area is 176 Å². The molecule has 1 fully saturated rings. The molecule has 0 saturated carbocycles. The first-order valence-electron chi connectivity index (χ1n) is 9.43. The van der Waals surface area contributed by atoms with Gasteiger partial charge in [0.1, 0.15) is 0 Å². The van der Waals surface area contributed by atoms with Gasteiger partial charge in [-0.25, -0.2) is 12.7 Å². The van der Waals surface area contributed by atoms with Gasteiger partial charge in [-0.3, -0.25) is 4.99 Å². The normalized spacial score (nSPS) is 19.3. The molecule has 1 heterocycles. The summed E-state index contributed by atoms with van der Waals surface area (Å²) in [6.07, 6.45) is 5.47. The van der Waals surface area contributed by atoms with Crippen LogP contribution in [0.5, 0.6) is 0 Å². The number of guanidine groups is 1. The molecule has 26 heavy (non-hydrogen) atoms. The van der Waals surface area contributed by atoms with E-state index in [0.29, 0.717) is 32.1 Å². The molecule has 0 aromatic carbocycles. The molecule has 156 valence electrons. The topological polar surface area (TPSA) is 94.0 Å². The zero-order valence-corrected chi connectivity index (χ0v) is 19.8. The van der Waals surface area contributed by atoms with E-state index in [0.717, 1.165) is 38.6 Å². The molecular weight excluding hydrogens is 467 g/mol. The number of hydrogen-bond donors (Lipinski definition) is 3. The first-order valence-corrected chi connectivity index (χ1v) is 11.3. The van der Waals surface area contributed by atoms with Crippen LogP contribution in [0.2, 0.25) is 0 Å². The van der Waals surface area contributed by atoms with Gasteiger partial charge in [0, 0.05) is 26.2 Å². The quantitative estimate of drug-likeness (QED) is 0.240. The average molecular weight is 504 g/mol. The summed E-state index contributed by atoms with van der Waals surface area (Å²) in [6, 6.07) is 0. The second-order valence-electron chi connectivity index (χ2n) is 7.08. The molecule has 0 aromatic heterocycles. The zero-order chi connectivity index (χ0) is 18.9. The molecule has 1 aliphatic heterocycles. The summed E-state index contributed by atoms with van der Waals surface area (Å²) in [5, 5.41) is 17.2. The van der Waals surface area contributed by atoms with Crippen LogP contribution in [0.3, 0.4) is 0 Å². The Morgan fingerprint density at radius 3 is 2.31 bits per heavy atom. The van der Waals surface area contributed by atoms with Crippen LogP contribution in [-0.4, -0.2) is 68.4 Å². The van der Waals surface area contributed by atoms with Crippen LogP contribution in [0.15, 0.2) is 4.99 Å². The van der Waals surface area contributed by atoms with Gasteiger partial charge in [0.2, 0.25) is 10.0 Å². The van der Waals surface area contributed by atoms with Crippen molar-refractivity contribution in [3.63, 3.8) is 0 Å². The summed E-state index contributed by atoms with van der Waals surface area (Å²) in [4.78, 5) is 4.56. The third-order valence-corrected chi connectivity index (χ3v) is 5.85. The van der Waals surface area contributed by atoms with Crippen molar-refractivity contribution in [3.8, 4) is 0 Å². The fourth-order valence-electron chi connectivity index (χ4n) is 3.29. The third-order valence-electron chi connectivity index (χ3n) is 4.58. The number of sulfonamides is 1. The van der Waals surface area contributed by atoms with Gasteiger partial charge in [0.15, 0.2) is 5.96 Å². The summed E-state index contributed by atoms with van der Waals surface area (Å²) in [5.74, 6) is 0.967. The number of halogens is 1. The largest absolute Gasteiger partial charge is 0.388 e. The number of nitrogens with zero attached hydrogens (tertiary/aromatic N) is 2. The second kappa shape index (κ2) is 12.4. The van der Waals surface area contributed by atoms with Crippen molar-refractivity contribution in [2.45, 2.75) is 58.5 Å². The molecule has 1 saturated heterocycles. The highest BCUT2D eigenvalue weighted by Crippen LogP contribution is 2.20. The number of rotatable bonds is 10. The summed E-state index contributed by atoms with van der Waals surface area (Å²) >= 11 is 0. The minimum Gasteiger partial charge on any atom is -0.388 e. The van der Waals surface area contributed by atoms with Crippen molar-refractivity contribution in [1.82, 2.24) is 14.9 Å². The molecule has 1 unspecified atom stereocenters. The van der Waals surface area contributed by atoms with Crippen LogP contribution in [-0.2, 0) is 10.0 Å². The minimum absolute atomic E-state index is 0. The van der Waals surface area contributed by atoms with Crippen molar-refractivity contribution in [3.05, 3.63) is 0 Å². The Morgan fingerprint density at radius 1 is 1.23 bits per heavy atom. The van der Waals surface area contributed by atoms with E-state index in [9.17, 15) is 13.5 Å². The van der Waals surface area contributed by atoms with E-state index in [1.54, 1.807) is 0 Å². The lowest BCUT2D eigenvalue weighted by Gasteiger charge is -2.26. The van der Waals surface area contributed by atoms with Gasteiger partial charge in [0.05, 0.1) is 18.4 Å². The molecule has 0 radical (unpaired) electrons. The van der Waals surface area contributed by atoms with Crippen molar-refractivity contribution >= 4 is 40.0 Å². The number of nitrogens with one attached hydrogen (secondary N) is 2. The molecule has 0 amide bonds. The molecule has 0 aliphatic carbocycles. The Morgan fingerprint density at radius 2 is 1.85 bits per heavy atom. The number of aliphatic imine (C=N–C) groups is 1. The van der Waals surface area contributed by atoms with Crippen LogP contribution in [0, 0.1) is 5.92 Å². The van der Waals surface area contributed by atoms with Gasteiger partial charge < -0.3 is 15.7 Å². The molecule has 0 aromatic rings. The Bertz CT molecular complexity index is 522. The smallest absolute Gasteiger partial charge is 0.211 e. The molecule has 1 rings (SSSR count). The summed E-state index contributed by atoms with van der Waals surface area (Å²) in [7, 11) is -3.10. The Hall–Kier alpha value is -0.130. The SMILES string of the molecule is CCCC(O)(CCC)CN=C(NCC)NCC1CCN(S(C)(=O)=O)C1.I. The number of aliphatic hydroxyl groups is 1. The van der Waals surface area contributed by atoms with E-state index in [4.69, 9.17) is 0 Å². The summed E-state index contributed by atoms with van der Waals surface area (Å²) < 4.78 is 24.7. The number of hydrogen-bond acceptors (Lipinski definition) is 4. The van der Waals surface area contributed by atoms with Crippen LogP contribution in [0.1, 0.15) is 52.9 Å². The van der Waals surface area contributed by atoms with Gasteiger partial charge in [-0.2, -0.15) is 0 Å². The standard InChI is InChI=1S/C17H36N4O3S.HI/c1-5-9-17(22,10-6-2)14-20-16(18-7-3)19-12-15-8-11-21(13-15)25(4,23)24;/h15,22H,5-14H2,1-4H3,(H2,18,19,20);1H. The second-order valence-corrected chi connectivity index (χ2v) is 9.06. The molecule has 1 aliphatic rings. The van der Waals surface area contributed by atoms with Crippen LogP contribution >= 0.6 is 24.0 Å². The Kier molecular flexibility index (Phi) is 12.3. The third kappa shape index (κ3) is 9.18. The van der Waals surface area contributed by atoms with E-state index < -0.39 is 15.6 Å². The first-order chi connectivity index (χ1) is 11.7. The van der Waals surface area contributed by atoms with Crippen molar-refractivity contribution in [1.29, 1.82) is 0 Å². The lowest BCUT2D eigenvalue weighted by atomic mass is 9.93. The van der Waals surface area contributed by atoms with Gasteiger partial charge in [-0.05, 0) is 32.1 Å². The Balaban J connectivity index is 0.00000625.